The zero-order chi connectivity index (χ0) is 14.6. The van der Waals surface area contributed by atoms with Crippen molar-refractivity contribution >= 4 is 54.2 Å². The van der Waals surface area contributed by atoms with Crippen molar-refractivity contribution in [2.45, 2.75) is 18.9 Å². The molecule has 0 spiro atoms. The maximum Gasteiger partial charge on any atom is 0.143 e. The summed E-state index contributed by atoms with van der Waals surface area (Å²) in [5.41, 5.74) is 3.76. The number of thiophene rings is 1. The first-order chi connectivity index (χ1) is 10.2. The Labute approximate surface area is 142 Å². The number of imidazole rings is 1. The van der Waals surface area contributed by atoms with Crippen molar-refractivity contribution < 1.29 is 0 Å². The highest BCUT2D eigenvalue weighted by Gasteiger charge is 2.29. The highest BCUT2D eigenvalue weighted by Crippen LogP contribution is 2.45. The van der Waals surface area contributed by atoms with Crippen molar-refractivity contribution in [3.05, 3.63) is 37.4 Å². The molecule has 0 N–H and O–H groups in total. The van der Waals surface area contributed by atoms with E-state index < -0.39 is 0 Å². The smallest absolute Gasteiger partial charge is 0.143 e. The Morgan fingerprint density at radius 3 is 2.71 bits per heavy atom. The fourth-order valence-electron chi connectivity index (χ4n) is 2.55. The Kier molecular flexibility index (Phi) is 3.18. The van der Waals surface area contributed by atoms with Crippen molar-refractivity contribution in [3.8, 4) is 17.5 Å². The van der Waals surface area contributed by atoms with Gasteiger partial charge in [0.1, 0.15) is 5.82 Å². The molecule has 104 valence electrons. The van der Waals surface area contributed by atoms with E-state index in [4.69, 9.17) is 10.2 Å². The number of benzene rings is 1. The normalized spacial score (nSPS) is 14.5. The third-order valence-electron chi connectivity index (χ3n) is 3.63. The topological polar surface area (TPSA) is 41.6 Å². The average molecular weight is 423 g/mol. The molecule has 1 aliphatic rings. The van der Waals surface area contributed by atoms with Crippen molar-refractivity contribution in [1.29, 1.82) is 5.26 Å². The summed E-state index contributed by atoms with van der Waals surface area (Å²) in [4.78, 5) is 4.79. The second-order valence-corrected chi connectivity index (χ2v) is 8.84. The van der Waals surface area contributed by atoms with Gasteiger partial charge in [-0.25, -0.2) is 4.98 Å². The molecule has 0 unspecified atom stereocenters. The number of nitriles is 1. The van der Waals surface area contributed by atoms with E-state index in [1.165, 1.54) is 12.8 Å². The number of aromatic nitrogens is 2. The lowest BCUT2D eigenvalue weighted by Crippen LogP contribution is -1.96. The van der Waals surface area contributed by atoms with E-state index in [1.54, 1.807) is 11.3 Å². The van der Waals surface area contributed by atoms with E-state index >= 15 is 0 Å². The molecule has 0 radical (unpaired) electrons. The van der Waals surface area contributed by atoms with Gasteiger partial charge in [0.2, 0.25) is 0 Å². The lowest BCUT2D eigenvalue weighted by molar-refractivity contribution is 0.775. The van der Waals surface area contributed by atoms with Crippen LogP contribution in [0, 0.1) is 11.3 Å². The average Bonchev–Trinajstić information content (AvgIpc) is 3.15. The van der Waals surface area contributed by atoms with Gasteiger partial charge in [0.15, 0.2) is 0 Å². The van der Waals surface area contributed by atoms with Crippen molar-refractivity contribution in [3.63, 3.8) is 0 Å². The minimum Gasteiger partial charge on any atom is -0.321 e. The summed E-state index contributed by atoms with van der Waals surface area (Å²) in [6.45, 7) is 0. The SMILES string of the molecule is N#Cc1ccc2c(c1)nc(-c1cc(Br)sc1Br)n2C1CC1. The summed E-state index contributed by atoms with van der Waals surface area (Å²) in [6.07, 6.45) is 2.39. The number of rotatable bonds is 2. The second kappa shape index (κ2) is 4.94. The quantitative estimate of drug-likeness (QED) is 0.547. The first kappa shape index (κ1) is 13.5. The molecule has 3 aromatic rings. The summed E-state index contributed by atoms with van der Waals surface area (Å²) in [7, 11) is 0. The molecule has 3 nitrogen and oxygen atoms in total. The van der Waals surface area contributed by atoms with Crippen LogP contribution in [0.25, 0.3) is 22.4 Å². The Bertz CT molecular complexity index is 900. The maximum absolute atomic E-state index is 9.06. The first-order valence-corrected chi connectivity index (χ1v) is 8.95. The number of hydrogen-bond donors (Lipinski definition) is 0. The van der Waals surface area contributed by atoms with Gasteiger partial charge in [0, 0.05) is 11.6 Å². The third-order valence-corrected chi connectivity index (χ3v) is 5.97. The minimum atomic E-state index is 0.531. The van der Waals surface area contributed by atoms with Gasteiger partial charge in [-0.05, 0) is 69.0 Å². The summed E-state index contributed by atoms with van der Waals surface area (Å²) in [5, 5.41) is 9.06. The molecular weight excluding hydrogens is 414 g/mol. The number of fused-ring (bicyclic) bond motifs is 1. The molecule has 0 bridgehead atoms. The van der Waals surface area contributed by atoms with Crippen LogP contribution in [0.3, 0.4) is 0 Å². The van der Waals surface area contributed by atoms with Crippen LogP contribution in [-0.4, -0.2) is 9.55 Å². The highest BCUT2D eigenvalue weighted by atomic mass is 79.9. The van der Waals surface area contributed by atoms with Crippen LogP contribution < -0.4 is 0 Å². The maximum atomic E-state index is 9.06. The van der Waals surface area contributed by atoms with E-state index in [0.717, 1.165) is 30.0 Å². The zero-order valence-electron chi connectivity index (χ0n) is 10.8. The summed E-state index contributed by atoms with van der Waals surface area (Å²) in [6, 6.07) is 10.6. The lowest BCUT2D eigenvalue weighted by Gasteiger charge is -2.06. The van der Waals surface area contributed by atoms with Gasteiger partial charge >= 0.3 is 0 Å². The van der Waals surface area contributed by atoms with Crippen LogP contribution in [0.2, 0.25) is 0 Å². The summed E-state index contributed by atoms with van der Waals surface area (Å²) in [5.74, 6) is 0.983. The van der Waals surface area contributed by atoms with Crippen LogP contribution in [0.4, 0.5) is 0 Å². The van der Waals surface area contributed by atoms with Crippen LogP contribution in [0.1, 0.15) is 24.4 Å². The lowest BCUT2D eigenvalue weighted by atomic mass is 10.2. The highest BCUT2D eigenvalue weighted by molar-refractivity contribution is 9.12. The largest absolute Gasteiger partial charge is 0.321 e. The molecule has 1 fully saturated rings. The summed E-state index contributed by atoms with van der Waals surface area (Å²) < 4.78 is 4.47. The molecule has 2 heterocycles. The van der Waals surface area contributed by atoms with Gasteiger partial charge in [-0.3, -0.25) is 0 Å². The number of nitrogens with zero attached hydrogens (tertiary/aromatic N) is 3. The molecule has 0 amide bonds. The first-order valence-electron chi connectivity index (χ1n) is 6.54. The van der Waals surface area contributed by atoms with Gasteiger partial charge in [-0.1, -0.05) is 0 Å². The molecule has 1 aliphatic carbocycles. The van der Waals surface area contributed by atoms with Gasteiger partial charge < -0.3 is 4.57 Å². The predicted octanol–water partition coefficient (Wildman–Crippen LogP) is 5.50. The van der Waals surface area contributed by atoms with Gasteiger partial charge in [-0.15, -0.1) is 11.3 Å². The Morgan fingerprint density at radius 2 is 2.10 bits per heavy atom. The molecule has 0 saturated heterocycles. The Balaban J connectivity index is 2.02. The zero-order valence-corrected chi connectivity index (χ0v) is 14.8. The molecule has 21 heavy (non-hydrogen) atoms. The fraction of sp³-hybridized carbons (Fsp3) is 0.200. The molecule has 0 aliphatic heterocycles. The Morgan fingerprint density at radius 1 is 1.29 bits per heavy atom. The molecule has 1 aromatic carbocycles. The van der Waals surface area contributed by atoms with Crippen LogP contribution in [0.15, 0.2) is 31.8 Å². The molecule has 2 aromatic heterocycles. The van der Waals surface area contributed by atoms with E-state index in [1.807, 2.05) is 18.2 Å². The third kappa shape index (κ3) is 2.24. The Hall–Kier alpha value is -1.16. The van der Waals surface area contributed by atoms with E-state index in [9.17, 15) is 0 Å². The fourth-order valence-corrected chi connectivity index (χ4v) is 5.34. The van der Waals surface area contributed by atoms with Crippen LogP contribution >= 0.6 is 43.2 Å². The molecule has 4 rings (SSSR count). The van der Waals surface area contributed by atoms with Gasteiger partial charge in [-0.2, -0.15) is 5.26 Å². The van der Waals surface area contributed by atoms with Crippen LogP contribution in [0.5, 0.6) is 0 Å². The molecule has 6 heteroatoms. The summed E-state index contributed by atoms with van der Waals surface area (Å²) >= 11 is 8.81. The molecule has 0 atom stereocenters. The van der Waals surface area contributed by atoms with E-state index in [0.29, 0.717) is 11.6 Å². The second-order valence-electron chi connectivity index (χ2n) is 5.09. The molecule has 1 saturated carbocycles. The monoisotopic (exact) mass is 421 g/mol. The van der Waals surface area contributed by atoms with Crippen molar-refractivity contribution in [1.82, 2.24) is 9.55 Å². The minimum absolute atomic E-state index is 0.531. The number of hydrogen-bond acceptors (Lipinski definition) is 3. The standard InChI is InChI=1S/C15H9Br2N3S/c16-13-6-10(14(17)21-13)15-19-11-5-8(7-18)1-4-12(11)20(15)9-2-3-9/h1,4-6,9H,2-3H2. The molecular formula is C15H9Br2N3S. The van der Waals surface area contributed by atoms with Gasteiger partial charge in [0.05, 0.1) is 30.2 Å². The van der Waals surface area contributed by atoms with E-state index in [2.05, 4.69) is 48.6 Å². The number of halogens is 2. The van der Waals surface area contributed by atoms with Crippen molar-refractivity contribution in [2.75, 3.05) is 0 Å². The van der Waals surface area contributed by atoms with Gasteiger partial charge in [0.25, 0.3) is 0 Å². The van der Waals surface area contributed by atoms with E-state index in [-0.39, 0.29) is 0 Å². The van der Waals surface area contributed by atoms with Crippen LogP contribution in [-0.2, 0) is 0 Å². The van der Waals surface area contributed by atoms with Crippen molar-refractivity contribution in [2.24, 2.45) is 0 Å². The predicted molar refractivity (Wildman–Crippen MR) is 91.4 cm³/mol.